The molecule has 1 aromatic rings. The molecule has 104 valence electrons. The van der Waals surface area contributed by atoms with Crippen molar-refractivity contribution in [2.45, 2.75) is 11.4 Å². The van der Waals surface area contributed by atoms with Gasteiger partial charge in [0, 0.05) is 6.07 Å². The van der Waals surface area contributed by atoms with Crippen LogP contribution in [-0.4, -0.2) is 42.2 Å². The number of carbonyl (C=O) groups is 1. The molecule has 2 atom stereocenters. The zero-order chi connectivity index (χ0) is 14.2. The molecule has 1 aromatic heterocycles. The average molecular weight is 325 g/mol. The molecule has 1 amide bonds. The van der Waals surface area contributed by atoms with Gasteiger partial charge in [0.15, 0.2) is 9.84 Å². The highest BCUT2D eigenvalue weighted by atomic mass is 35.5. The van der Waals surface area contributed by atoms with Crippen LogP contribution in [-0.2, 0) is 9.84 Å². The minimum Gasteiger partial charge on any atom is -0.346 e. The number of nitro groups is 1. The first kappa shape index (κ1) is 14.2. The van der Waals surface area contributed by atoms with Gasteiger partial charge < -0.3 is 5.32 Å². The Kier molecular flexibility index (Phi) is 3.79. The van der Waals surface area contributed by atoms with Gasteiger partial charge in [0.1, 0.15) is 0 Å². The predicted octanol–water partition coefficient (Wildman–Crippen LogP) is 0.791. The van der Waals surface area contributed by atoms with Gasteiger partial charge in [-0.2, -0.15) is 0 Å². The molecular weight excluding hydrogens is 316 g/mol. The number of hydrogen-bond acceptors (Lipinski definition) is 6. The second-order valence-electron chi connectivity index (χ2n) is 4.07. The monoisotopic (exact) mass is 324 g/mol. The van der Waals surface area contributed by atoms with E-state index >= 15 is 0 Å². The van der Waals surface area contributed by atoms with Gasteiger partial charge in [-0.25, -0.2) is 8.42 Å². The number of hydrogen-bond donors (Lipinski definition) is 1. The molecule has 1 aliphatic rings. The Balaban J connectivity index is 2.07. The van der Waals surface area contributed by atoms with E-state index in [1.807, 2.05) is 0 Å². The number of sulfone groups is 1. The maximum atomic E-state index is 11.8. The molecule has 1 saturated heterocycles. The molecule has 1 fully saturated rings. The fourth-order valence-electron chi connectivity index (χ4n) is 1.72. The summed E-state index contributed by atoms with van der Waals surface area (Å²) in [7, 11) is -3.23. The lowest BCUT2D eigenvalue weighted by Gasteiger charge is -2.13. The second kappa shape index (κ2) is 5.06. The van der Waals surface area contributed by atoms with E-state index in [-0.39, 0.29) is 21.4 Å². The maximum Gasteiger partial charge on any atom is 0.324 e. The molecule has 2 rings (SSSR count). The van der Waals surface area contributed by atoms with Gasteiger partial charge in [-0.05, 0) is 6.07 Å². The lowest BCUT2D eigenvalue weighted by molar-refractivity contribution is -0.380. The van der Waals surface area contributed by atoms with Crippen molar-refractivity contribution < 1.29 is 18.1 Å². The number of nitrogens with one attached hydrogen (secondary N) is 1. The molecule has 0 bridgehead atoms. The summed E-state index contributed by atoms with van der Waals surface area (Å²) >= 11 is 6.58. The summed E-state index contributed by atoms with van der Waals surface area (Å²) in [5, 5.41) is 12.2. The van der Waals surface area contributed by atoms with Crippen LogP contribution in [0.15, 0.2) is 12.1 Å². The highest BCUT2D eigenvalue weighted by molar-refractivity contribution is 7.91. The van der Waals surface area contributed by atoms with E-state index in [0.29, 0.717) is 0 Å². The van der Waals surface area contributed by atoms with Gasteiger partial charge in [0.2, 0.25) is 0 Å². The Labute approximate surface area is 117 Å². The van der Waals surface area contributed by atoms with Crippen LogP contribution < -0.4 is 5.32 Å². The van der Waals surface area contributed by atoms with Crippen molar-refractivity contribution in [1.82, 2.24) is 5.32 Å². The summed E-state index contributed by atoms with van der Waals surface area (Å²) in [6.45, 7) is 0. The summed E-state index contributed by atoms with van der Waals surface area (Å²) < 4.78 is 22.7. The van der Waals surface area contributed by atoms with Crippen LogP contribution in [0.2, 0.25) is 0 Å². The van der Waals surface area contributed by atoms with Crippen molar-refractivity contribution in [2.24, 2.45) is 0 Å². The number of thiophene rings is 1. The standard InChI is InChI=1S/C9H9ClN2O5S2/c10-5-3-19(16,17)4-6(5)11-9(13)7-1-2-8(18-7)12(14)15/h1-2,5-6H,3-4H2,(H,11,13). The number of nitrogens with zero attached hydrogens (tertiary/aromatic N) is 1. The quantitative estimate of drug-likeness (QED) is 0.502. The molecular formula is C9H9ClN2O5S2. The van der Waals surface area contributed by atoms with Crippen molar-refractivity contribution in [3.05, 3.63) is 27.1 Å². The van der Waals surface area contributed by atoms with Gasteiger partial charge in [0.25, 0.3) is 5.91 Å². The van der Waals surface area contributed by atoms with Crippen LogP contribution in [0.4, 0.5) is 5.00 Å². The van der Waals surface area contributed by atoms with E-state index < -0.39 is 32.1 Å². The normalized spacial score (nSPS) is 25.1. The molecule has 0 radical (unpaired) electrons. The summed E-state index contributed by atoms with van der Waals surface area (Å²) in [5.41, 5.74) is 0. The van der Waals surface area contributed by atoms with Gasteiger partial charge in [0.05, 0.1) is 32.7 Å². The summed E-state index contributed by atoms with van der Waals surface area (Å²) in [6, 6.07) is 1.88. The molecule has 19 heavy (non-hydrogen) atoms. The zero-order valence-electron chi connectivity index (χ0n) is 9.41. The molecule has 7 nitrogen and oxygen atoms in total. The number of carbonyl (C=O) groups excluding carboxylic acids is 1. The topological polar surface area (TPSA) is 106 Å². The highest BCUT2D eigenvalue weighted by Gasteiger charge is 2.37. The third-order valence-corrected chi connectivity index (χ3v) is 6.01. The fourth-order valence-corrected chi connectivity index (χ4v) is 5.00. The molecule has 0 aliphatic carbocycles. The lowest BCUT2D eigenvalue weighted by atomic mass is 10.2. The minimum absolute atomic E-state index is 0.147. The summed E-state index contributed by atoms with van der Waals surface area (Å²) in [5.74, 6) is -0.935. The molecule has 0 saturated carbocycles. The number of halogens is 1. The Morgan fingerprint density at radius 1 is 1.47 bits per heavy atom. The predicted molar refractivity (Wildman–Crippen MR) is 70.5 cm³/mol. The molecule has 0 aromatic carbocycles. The van der Waals surface area contributed by atoms with E-state index in [9.17, 15) is 23.3 Å². The molecule has 1 N–H and O–H groups in total. The third kappa shape index (κ3) is 3.23. The molecule has 2 unspecified atom stereocenters. The first-order valence-electron chi connectivity index (χ1n) is 5.18. The minimum atomic E-state index is -3.23. The van der Waals surface area contributed by atoms with E-state index in [0.717, 1.165) is 11.3 Å². The number of amides is 1. The molecule has 1 aliphatic heterocycles. The maximum absolute atomic E-state index is 11.8. The molecule has 10 heteroatoms. The van der Waals surface area contributed by atoms with Crippen LogP contribution in [0.3, 0.4) is 0 Å². The van der Waals surface area contributed by atoms with E-state index in [1.54, 1.807) is 0 Å². The SMILES string of the molecule is O=C(NC1CS(=O)(=O)CC1Cl)c1ccc([N+](=O)[O-])s1. The Bertz CT molecular complexity index is 626. The van der Waals surface area contributed by atoms with Gasteiger partial charge in [-0.1, -0.05) is 11.3 Å². The van der Waals surface area contributed by atoms with Crippen molar-refractivity contribution in [3.8, 4) is 0 Å². The molecule has 2 heterocycles. The van der Waals surface area contributed by atoms with E-state index in [2.05, 4.69) is 5.32 Å². The second-order valence-corrected chi connectivity index (χ2v) is 7.84. The number of rotatable bonds is 3. The van der Waals surface area contributed by atoms with Crippen LogP contribution in [0.1, 0.15) is 9.67 Å². The highest BCUT2D eigenvalue weighted by Crippen LogP contribution is 2.25. The van der Waals surface area contributed by atoms with Crippen molar-refractivity contribution in [2.75, 3.05) is 11.5 Å². The first-order valence-corrected chi connectivity index (χ1v) is 8.25. The van der Waals surface area contributed by atoms with E-state index in [4.69, 9.17) is 11.6 Å². The van der Waals surface area contributed by atoms with Crippen molar-refractivity contribution >= 4 is 43.7 Å². The smallest absolute Gasteiger partial charge is 0.324 e. The van der Waals surface area contributed by atoms with Crippen LogP contribution in [0, 0.1) is 10.1 Å². The Hall–Kier alpha value is -1.19. The lowest BCUT2D eigenvalue weighted by Crippen LogP contribution is -2.40. The zero-order valence-corrected chi connectivity index (χ0v) is 11.8. The molecule has 0 spiro atoms. The number of alkyl halides is 1. The largest absolute Gasteiger partial charge is 0.346 e. The van der Waals surface area contributed by atoms with Crippen molar-refractivity contribution in [3.63, 3.8) is 0 Å². The van der Waals surface area contributed by atoms with Crippen LogP contribution in [0.5, 0.6) is 0 Å². The Morgan fingerprint density at radius 3 is 2.63 bits per heavy atom. The summed E-state index contributed by atoms with van der Waals surface area (Å²) in [4.78, 5) is 21.9. The average Bonchev–Trinajstić information content (AvgIpc) is 2.83. The third-order valence-electron chi connectivity index (χ3n) is 2.60. The van der Waals surface area contributed by atoms with Gasteiger partial charge in [-0.3, -0.25) is 14.9 Å². The summed E-state index contributed by atoms with van der Waals surface area (Å²) in [6.07, 6.45) is 0. The van der Waals surface area contributed by atoms with Crippen LogP contribution >= 0.6 is 22.9 Å². The van der Waals surface area contributed by atoms with E-state index in [1.165, 1.54) is 12.1 Å². The van der Waals surface area contributed by atoms with Gasteiger partial charge >= 0.3 is 5.00 Å². The first-order chi connectivity index (χ1) is 8.78. The van der Waals surface area contributed by atoms with Crippen LogP contribution in [0.25, 0.3) is 0 Å². The Morgan fingerprint density at radius 2 is 2.16 bits per heavy atom. The fraction of sp³-hybridized carbons (Fsp3) is 0.444. The van der Waals surface area contributed by atoms with Crippen molar-refractivity contribution in [1.29, 1.82) is 0 Å². The van der Waals surface area contributed by atoms with Gasteiger partial charge in [-0.15, -0.1) is 11.6 Å².